The van der Waals surface area contributed by atoms with Gasteiger partial charge < -0.3 is 4.89 Å². The van der Waals surface area contributed by atoms with Crippen LogP contribution in [0.15, 0.2) is 60.7 Å². The minimum atomic E-state index is -2.89. The lowest BCUT2D eigenvalue weighted by molar-refractivity contribution is -0.188. The Kier molecular flexibility index (Phi) is 3.99. The summed E-state index contributed by atoms with van der Waals surface area (Å²) in [4.78, 5) is 10.8. The van der Waals surface area contributed by atoms with Crippen molar-refractivity contribution in [3.8, 4) is 0 Å². The maximum atomic E-state index is 10.8. The minimum Gasteiger partial charge on any atom is -0.566 e. The summed E-state index contributed by atoms with van der Waals surface area (Å²) in [6.45, 7) is 0. The summed E-state index contributed by atoms with van der Waals surface area (Å²) < 4.78 is 15.7. The van der Waals surface area contributed by atoms with E-state index in [1.807, 2.05) is 60.7 Å². The number of hydrogen-bond donors (Lipinski definition) is 0. The molecule has 4 heteroatoms. The van der Waals surface area contributed by atoms with E-state index in [0.717, 1.165) is 11.1 Å². The molecule has 0 aliphatic rings. The largest absolute Gasteiger partial charge is 0.566 e. The Hall–Kier alpha value is -1.54. The second-order valence-electron chi connectivity index (χ2n) is 3.53. The molecule has 1 unspecified atom stereocenters. The highest BCUT2D eigenvalue weighted by atomic mass is 31.1. The summed E-state index contributed by atoms with van der Waals surface area (Å²) in [7, 11) is -2.89. The Labute approximate surface area is 101 Å². The fraction of sp³-hybridized carbons (Fsp3) is 0.0769. The Morgan fingerprint density at radius 1 is 0.882 bits per heavy atom. The molecule has 1 atom stereocenters. The van der Waals surface area contributed by atoms with Gasteiger partial charge in [-0.15, -0.1) is 4.52 Å². The Bertz CT molecular complexity index is 445. The first-order valence-corrected chi connectivity index (χ1v) is 6.28. The summed E-state index contributed by atoms with van der Waals surface area (Å²) in [5, 5.41) is 0. The molecule has 2 aromatic rings. The van der Waals surface area contributed by atoms with Gasteiger partial charge in [0.25, 0.3) is 0 Å². The van der Waals surface area contributed by atoms with Crippen LogP contribution in [-0.4, -0.2) is 0 Å². The third kappa shape index (κ3) is 3.21. The Morgan fingerprint density at radius 3 is 1.65 bits per heavy atom. The highest BCUT2D eigenvalue weighted by molar-refractivity contribution is 7.30. The summed E-state index contributed by atoms with van der Waals surface area (Å²) in [5.41, 5.74) is 1.64. The van der Waals surface area contributed by atoms with Crippen molar-refractivity contribution in [1.29, 1.82) is 0 Å². The van der Waals surface area contributed by atoms with Crippen LogP contribution in [0.1, 0.15) is 17.2 Å². The summed E-state index contributed by atoms with van der Waals surface area (Å²) in [6, 6.07) is 18.5. The smallest absolute Gasteiger partial charge is 0.489 e. The maximum absolute atomic E-state index is 10.8. The second-order valence-corrected chi connectivity index (χ2v) is 4.19. The lowest BCUT2D eigenvalue weighted by Crippen LogP contribution is -2.04. The molecule has 0 spiro atoms. The number of benzene rings is 2. The lowest BCUT2D eigenvalue weighted by Gasteiger charge is -2.12. The van der Waals surface area contributed by atoms with Gasteiger partial charge in [-0.25, -0.2) is 0 Å². The number of hydrogen-bond acceptors (Lipinski definition) is 3. The lowest BCUT2D eigenvalue weighted by atomic mass is 10.0. The third-order valence-electron chi connectivity index (χ3n) is 2.40. The average Bonchev–Trinajstić information content (AvgIpc) is 2.38. The molecular weight excluding hydrogens is 235 g/mol. The highest BCUT2D eigenvalue weighted by Gasteiger charge is 2.21. The first-order chi connectivity index (χ1) is 8.27. The SMILES string of the molecule is O=[P+]([O-])OC(c1ccccc1)c1ccccc1. The fourth-order valence-electron chi connectivity index (χ4n) is 1.66. The van der Waals surface area contributed by atoms with Crippen LogP contribution in [-0.2, 0) is 9.09 Å². The molecule has 0 N–H and O–H groups in total. The minimum absolute atomic E-state index is 0.571. The van der Waals surface area contributed by atoms with Crippen LogP contribution in [0, 0.1) is 0 Å². The molecule has 0 amide bonds. The van der Waals surface area contributed by atoms with E-state index in [-0.39, 0.29) is 0 Å². The molecule has 3 nitrogen and oxygen atoms in total. The predicted octanol–water partition coefficient (Wildman–Crippen LogP) is 2.81. The molecule has 0 bridgehead atoms. The topological polar surface area (TPSA) is 49.4 Å². The van der Waals surface area contributed by atoms with Gasteiger partial charge in [0.1, 0.15) is 0 Å². The van der Waals surface area contributed by atoms with Crippen molar-refractivity contribution in [3.05, 3.63) is 71.8 Å². The van der Waals surface area contributed by atoms with Crippen LogP contribution in [0.3, 0.4) is 0 Å². The first-order valence-electron chi connectivity index (χ1n) is 5.18. The van der Waals surface area contributed by atoms with Crippen molar-refractivity contribution in [2.24, 2.45) is 0 Å². The van der Waals surface area contributed by atoms with Gasteiger partial charge in [0.05, 0.1) is 0 Å². The average molecular weight is 246 g/mol. The van der Waals surface area contributed by atoms with Crippen molar-refractivity contribution in [3.63, 3.8) is 0 Å². The van der Waals surface area contributed by atoms with Gasteiger partial charge in [0.15, 0.2) is 6.10 Å². The zero-order valence-electron chi connectivity index (χ0n) is 9.02. The summed E-state index contributed by atoms with van der Waals surface area (Å²) in [5.74, 6) is 0. The van der Waals surface area contributed by atoms with Gasteiger partial charge in [-0.2, -0.15) is 0 Å². The first kappa shape index (κ1) is 11.9. The van der Waals surface area contributed by atoms with E-state index >= 15 is 0 Å². The standard InChI is InChI=1S/C13H11O3P/c14-17(15)16-13(11-7-3-1-4-8-11)12-9-5-2-6-10-12/h1-10,13H. The normalized spacial score (nSPS) is 11.5. The third-order valence-corrected chi connectivity index (χ3v) is 2.78. The van der Waals surface area contributed by atoms with Gasteiger partial charge in [-0.1, -0.05) is 60.7 Å². The monoisotopic (exact) mass is 246 g/mol. The molecule has 0 radical (unpaired) electrons. The fourth-order valence-corrected chi connectivity index (χ4v) is 2.07. The Morgan fingerprint density at radius 2 is 1.29 bits per heavy atom. The number of rotatable bonds is 4. The van der Waals surface area contributed by atoms with Crippen LogP contribution in [0.25, 0.3) is 0 Å². The van der Waals surface area contributed by atoms with Crippen molar-refractivity contribution in [2.45, 2.75) is 6.10 Å². The van der Waals surface area contributed by atoms with Gasteiger partial charge in [-0.3, -0.25) is 0 Å². The molecule has 0 heterocycles. The van der Waals surface area contributed by atoms with Crippen LogP contribution in [0.4, 0.5) is 0 Å². The molecular formula is C13H11O3P. The summed E-state index contributed by atoms with van der Waals surface area (Å²) >= 11 is 0. The molecule has 0 aromatic heterocycles. The molecule has 0 saturated heterocycles. The molecule has 17 heavy (non-hydrogen) atoms. The van der Waals surface area contributed by atoms with E-state index in [1.54, 1.807) is 0 Å². The van der Waals surface area contributed by atoms with Gasteiger partial charge in [0, 0.05) is 0 Å². The van der Waals surface area contributed by atoms with E-state index in [2.05, 4.69) is 0 Å². The molecule has 0 aliphatic heterocycles. The molecule has 0 fully saturated rings. The van der Waals surface area contributed by atoms with Gasteiger partial charge in [-0.05, 0) is 15.7 Å². The van der Waals surface area contributed by atoms with E-state index in [0.29, 0.717) is 0 Å². The van der Waals surface area contributed by atoms with Gasteiger partial charge in [0.2, 0.25) is 0 Å². The zero-order chi connectivity index (χ0) is 12.1. The Balaban J connectivity index is 2.36. The van der Waals surface area contributed by atoms with Gasteiger partial charge >= 0.3 is 8.25 Å². The van der Waals surface area contributed by atoms with Crippen LogP contribution in [0.2, 0.25) is 0 Å². The van der Waals surface area contributed by atoms with E-state index in [9.17, 15) is 9.46 Å². The molecule has 2 aromatic carbocycles. The molecule has 0 aliphatic carbocycles. The van der Waals surface area contributed by atoms with Crippen LogP contribution in [0.5, 0.6) is 0 Å². The predicted molar refractivity (Wildman–Crippen MR) is 63.4 cm³/mol. The van der Waals surface area contributed by atoms with Crippen molar-refractivity contribution >= 4 is 8.25 Å². The molecule has 2 rings (SSSR count). The molecule has 0 saturated carbocycles. The van der Waals surface area contributed by atoms with Crippen molar-refractivity contribution in [1.82, 2.24) is 0 Å². The maximum Gasteiger partial charge on any atom is 0.489 e. The molecule has 86 valence electrons. The second kappa shape index (κ2) is 5.69. The summed E-state index contributed by atoms with van der Waals surface area (Å²) in [6.07, 6.45) is -0.571. The van der Waals surface area contributed by atoms with E-state index in [4.69, 9.17) is 4.52 Å². The van der Waals surface area contributed by atoms with E-state index in [1.165, 1.54) is 0 Å². The van der Waals surface area contributed by atoms with Crippen LogP contribution >= 0.6 is 8.25 Å². The highest BCUT2D eigenvalue weighted by Crippen LogP contribution is 2.32. The van der Waals surface area contributed by atoms with Crippen molar-refractivity contribution in [2.75, 3.05) is 0 Å². The zero-order valence-corrected chi connectivity index (χ0v) is 9.92. The van der Waals surface area contributed by atoms with Crippen LogP contribution < -0.4 is 4.89 Å². The van der Waals surface area contributed by atoms with Crippen molar-refractivity contribution < 1.29 is 14.0 Å². The quantitative estimate of drug-likeness (QED) is 0.779. The van der Waals surface area contributed by atoms with E-state index < -0.39 is 14.4 Å².